The van der Waals surface area contributed by atoms with Gasteiger partial charge in [0.25, 0.3) is 15.6 Å². The molecule has 0 spiro atoms. The number of fused-ring (bicyclic) bond motifs is 1. The first-order valence-corrected chi connectivity index (χ1v) is 18.0. The van der Waals surface area contributed by atoms with E-state index in [-0.39, 0.29) is 36.5 Å². The third kappa shape index (κ3) is 10.1. The summed E-state index contributed by atoms with van der Waals surface area (Å²) >= 11 is 0. The minimum absolute atomic E-state index is 0.0282. The Kier molecular flexibility index (Phi) is 12.7. The molecule has 1 aliphatic heterocycles. The van der Waals surface area contributed by atoms with Gasteiger partial charge in [0.05, 0.1) is 27.4 Å². The van der Waals surface area contributed by atoms with Crippen molar-refractivity contribution in [3.8, 4) is 0 Å². The lowest BCUT2D eigenvalue weighted by atomic mass is 9.87. The van der Waals surface area contributed by atoms with E-state index in [1.807, 2.05) is 0 Å². The molecule has 0 bridgehead atoms. The summed E-state index contributed by atoms with van der Waals surface area (Å²) in [6.45, 7) is 6.13. The zero-order valence-corrected chi connectivity index (χ0v) is 28.1. The molecule has 6 N–H and O–H groups in total. The van der Waals surface area contributed by atoms with Gasteiger partial charge >= 0.3 is 0 Å². The monoisotopic (exact) mass is 743 g/mol. The highest BCUT2D eigenvalue weighted by atomic mass is 31.3. The Bertz CT molecular complexity index is 1620. The van der Waals surface area contributed by atoms with Crippen LogP contribution in [-0.4, -0.2) is 92.3 Å². The van der Waals surface area contributed by atoms with Gasteiger partial charge in [0.15, 0.2) is 17.2 Å². The first kappa shape index (κ1) is 40.0. The van der Waals surface area contributed by atoms with Crippen LogP contribution < -0.4 is 35.9 Å². The number of nitrogens with two attached hydrogens (primary N) is 1. The predicted molar refractivity (Wildman–Crippen MR) is 150 cm³/mol. The fourth-order valence-electron chi connectivity index (χ4n) is 4.34. The molecule has 2 aromatic heterocycles. The van der Waals surface area contributed by atoms with E-state index >= 15 is 0 Å². The van der Waals surface area contributed by atoms with Crippen LogP contribution in [0.1, 0.15) is 27.2 Å². The molecule has 7 atom stereocenters. The highest BCUT2D eigenvalue weighted by molar-refractivity contribution is 7.59. The van der Waals surface area contributed by atoms with Crippen molar-refractivity contribution in [1.82, 2.24) is 30.2 Å². The molecule has 0 saturated carbocycles. The van der Waals surface area contributed by atoms with Crippen LogP contribution in [-0.2, 0) is 51.6 Å². The van der Waals surface area contributed by atoms with E-state index in [2.05, 4.69) is 43.5 Å². The molecule has 3 heterocycles. The topological polar surface area (TPSA) is 358 Å². The number of hydrogen-bond acceptors (Lipinski definition) is 20. The van der Waals surface area contributed by atoms with Crippen molar-refractivity contribution in [2.45, 2.75) is 57.3 Å². The summed E-state index contributed by atoms with van der Waals surface area (Å²) in [7, 11) is -17.6. The van der Waals surface area contributed by atoms with E-state index in [1.165, 1.54) is 20.8 Å². The first-order chi connectivity index (χ1) is 22.0. The molecule has 2 radical (unpaired) electrons. The van der Waals surface area contributed by atoms with Gasteiger partial charge in [-0.25, -0.2) is 19.3 Å². The van der Waals surface area contributed by atoms with Crippen LogP contribution in [0.3, 0.4) is 0 Å². The van der Waals surface area contributed by atoms with E-state index in [0.717, 1.165) is 17.2 Å². The highest BCUT2D eigenvalue weighted by Crippen LogP contribution is 2.56. The van der Waals surface area contributed by atoms with Crippen molar-refractivity contribution in [2.24, 2.45) is 5.41 Å². The number of nitrogens with one attached hydrogen (secondary N) is 2. The molecular weight excluding hydrogens is 711 g/mol. The minimum atomic E-state index is -5.90. The van der Waals surface area contributed by atoms with E-state index < -0.39 is 84.1 Å². The van der Waals surface area contributed by atoms with Crippen molar-refractivity contribution in [2.75, 3.05) is 32.0 Å². The maximum absolute atomic E-state index is 12.5. The zero-order valence-electron chi connectivity index (χ0n) is 25.4. The van der Waals surface area contributed by atoms with Gasteiger partial charge in [0, 0.05) is 24.9 Å². The molecule has 2 aromatic rings. The minimum Gasteiger partial charge on any atom is -0.790 e. The molecule has 0 aromatic carbocycles. The summed E-state index contributed by atoms with van der Waals surface area (Å²) in [5.41, 5.74) is 2.05. The molecule has 3 rings (SSSR count). The zero-order chi connectivity index (χ0) is 36.3. The number of aliphatic hydroxyl groups is 2. The van der Waals surface area contributed by atoms with Gasteiger partial charge in [-0.15, -0.1) is 0 Å². The summed E-state index contributed by atoms with van der Waals surface area (Å²) in [5, 5.41) is 25.9. The Hall–Kier alpha value is -2.46. The lowest BCUT2D eigenvalue weighted by Crippen LogP contribution is -2.46. The molecule has 1 saturated heterocycles. The first-order valence-electron chi connectivity index (χ1n) is 13.6. The number of phosphoric ester groups is 3. The third-order valence-electron chi connectivity index (χ3n) is 6.84. The van der Waals surface area contributed by atoms with Gasteiger partial charge in [-0.1, -0.05) is 13.8 Å². The normalized spacial score (nSPS) is 24.9. The Morgan fingerprint density at radius 1 is 1.17 bits per heavy atom. The van der Waals surface area contributed by atoms with E-state index in [9.17, 15) is 53.1 Å². The number of rotatable bonds is 17. The van der Waals surface area contributed by atoms with Crippen LogP contribution in [0.4, 0.5) is 5.82 Å². The number of carbonyl (C=O) groups excluding carboxylic acids is 2. The maximum atomic E-state index is 12.5. The Balaban J connectivity index is 1.66. The van der Waals surface area contributed by atoms with Crippen LogP contribution in [0.5, 0.6) is 0 Å². The van der Waals surface area contributed by atoms with Crippen LogP contribution in [0, 0.1) is 12.3 Å². The van der Waals surface area contributed by atoms with Crippen LogP contribution in [0.15, 0.2) is 12.7 Å². The smallest absolute Gasteiger partial charge is 0.274 e. The highest BCUT2D eigenvalue weighted by Gasteiger charge is 2.55. The van der Waals surface area contributed by atoms with Crippen LogP contribution >= 0.6 is 23.5 Å². The van der Waals surface area contributed by atoms with Gasteiger partial charge in [-0.2, -0.15) is 0 Å². The Labute approximate surface area is 272 Å². The maximum Gasteiger partial charge on any atom is 0.274 e. The van der Waals surface area contributed by atoms with E-state index in [1.54, 1.807) is 0 Å². The van der Waals surface area contributed by atoms with Crippen molar-refractivity contribution in [3.63, 3.8) is 0 Å². The van der Waals surface area contributed by atoms with Gasteiger partial charge in [-0.3, -0.25) is 23.3 Å². The summed E-state index contributed by atoms with van der Waals surface area (Å²) in [6, 6.07) is 0. The lowest BCUT2D eigenvalue weighted by molar-refractivity contribution is -0.347. The van der Waals surface area contributed by atoms with Gasteiger partial charge in [0.2, 0.25) is 11.8 Å². The quantitative estimate of drug-likeness (QED) is 0.0958. The largest absolute Gasteiger partial charge is 0.790 e. The average molecular weight is 743 g/mol. The number of carbonyl (C=O) groups is 2. The van der Waals surface area contributed by atoms with Crippen molar-refractivity contribution < 1.29 is 75.7 Å². The number of ether oxygens (including phenoxy) is 1. The second-order valence-electron chi connectivity index (χ2n) is 11.0. The van der Waals surface area contributed by atoms with Gasteiger partial charge in [0.1, 0.15) is 36.3 Å². The fraction of sp³-hybridized carbons (Fsp3) is 0.636. The molecule has 2 amide bonds. The van der Waals surface area contributed by atoms with E-state index in [0.29, 0.717) is 0 Å². The number of hydrogen-bond donors (Lipinski definition) is 5. The molecule has 7 unspecified atom stereocenters. The van der Waals surface area contributed by atoms with Crippen molar-refractivity contribution >= 4 is 52.3 Å². The number of aliphatic hydroxyl groups excluding tert-OH is 2. The molecule has 1 fully saturated rings. The van der Waals surface area contributed by atoms with E-state index in [4.69, 9.17) is 17.4 Å². The molecule has 270 valence electrons. The SMILES string of the molecule is [CH]CNC(=O)CCNC(=O)C(O)C(C)(C)COP(=O)([O-])OP(=O)([O-])OCC1OC(C)(n2cnc3c(N)ncnc32)C(O)C1OP(=O)([O-])[O-]. The summed E-state index contributed by atoms with van der Waals surface area (Å²) in [5.74, 6) is -1.57. The van der Waals surface area contributed by atoms with Crippen LogP contribution in [0.2, 0.25) is 0 Å². The summed E-state index contributed by atoms with van der Waals surface area (Å²) in [6.07, 6.45) is -6.00. The number of amides is 2. The predicted octanol–water partition coefficient (Wildman–Crippen LogP) is -4.24. The van der Waals surface area contributed by atoms with Crippen LogP contribution in [0.25, 0.3) is 11.2 Å². The second kappa shape index (κ2) is 15.2. The number of aromatic nitrogens is 4. The average Bonchev–Trinajstić information content (AvgIpc) is 3.50. The molecule has 23 nitrogen and oxygen atoms in total. The van der Waals surface area contributed by atoms with Gasteiger partial charge in [-0.05, 0) is 13.8 Å². The number of imidazole rings is 1. The number of nitrogens with zero attached hydrogens (tertiary/aromatic N) is 4. The molecule has 0 aliphatic carbocycles. The van der Waals surface area contributed by atoms with Gasteiger partial charge < -0.3 is 69.0 Å². The fourth-order valence-corrected chi connectivity index (χ4v) is 7.07. The summed E-state index contributed by atoms with van der Waals surface area (Å²) < 4.78 is 60.6. The number of nitrogen functional groups attached to an aromatic ring is 1. The molecule has 1 aliphatic rings. The molecule has 48 heavy (non-hydrogen) atoms. The number of anilines is 1. The standard InChI is InChI=1S/C22H36N7O16P3/c1-5-24-13(30)6-7-25-20(33)17(32)21(2,3)9-42-48(39,40)45-47(37,38)41-8-12-15(44-46(34,35)36)16(31)22(4,43-12)29-11-28-14-18(23)26-10-27-19(14)29/h1,10-12,15-17,31-32H,5-9H2,2-4H3,(H,24,30)(H,25,33)(H,37,38)(H,39,40)(H2,23,26,27)(H2,34,35,36)/p-4. The molecule has 26 heteroatoms. The lowest BCUT2D eigenvalue weighted by Gasteiger charge is -2.36. The molecular formula is C22H32N7O16P3-4. The third-order valence-corrected chi connectivity index (χ3v) is 9.85. The second-order valence-corrected chi connectivity index (χ2v) is 15.1. The Morgan fingerprint density at radius 3 is 2.44 bits per heavy atom. The number of phosphoric acid groups is 3. The van der Waals surface area contributed by atoms with Crippen molar-refractivity contribution in [1.29, 1.82) is 0 Å². The summed E-state index contributed by atoms with van der Waals surface area (Å²) in [4.78, 5) is 83.1. The van der Waals surface area contributed by atoms with Crippen molar-refractivity contribution in [3.05, 3.63) is 19.6 Å². The Morgan fingerprint density at radius 2 is 1.81 bits per heavy atom.